The molecule has 2 aromatic rings. The molecule has 0 saturated heterocycles. The molecule has 126 valence electrons. The number of hydrogen-bond donors (Lipinski definition) is 1. The van der Waals surface area contributed by atoms with Crippen molar-refractivity contribution in [1.82, 2.24) is 5.32 Å². The van der Waals surface area contributed by atoms with Crippen molar-refractivity contribution in [2.45, 2.75) is 6.54 Å². The molecule has 0 atom stereocenters. The van der Waals surface area contributed by atoms with E-state index in [1.54, 1.807) is 44.6 Å². The summed E-state index contributed by atoms with van der Waals surface area (Å²) in [4.78, 5) is 12.0. The number of methoxy groups -OCH3 is 2. The Bertz CT molecular complexity index is 760. The van der Waals surface area contributed by atoms with Crippen molar-refractivity contribution in [3.05, 3.63) is 63.6 Å². The second-order valence-corrected chi connectivity index (χ2v) is 5.71. The van der Waals surface area contributed by atoms with Crippen LogP contribution in [-0.2, 0) is 11.3 Å². The largest absolute Gasteiger partial charge is 0.493 e. The minimum Gasteiger partial charge on any atom is -0.493 e. The smallest absolute Gasteiger partial charge is 0.244 e. The molecule has 0 aliphatic heterocycles. The van der Waals surface area contributed by atoms with Gasteiger partial charge in [-0.25, -0.2) is 0 Å². The lowest BCUT2D eigenvalue weighted by Gasteiger charge is -2.10. The number of carbonyl (C=O) groups is 1. The molecule has 0 spiro atoms. The number of halogens is 2. The van der Waals surface area contributed by atoms with Gasteiger partial charge in [0.15, 0.2) is 11.5 Å². The minimum absolute atomic E-state index is 0.245. The zero-order chi connectivity index (χ0) is 17.5. The van der Waals surface area contributed by atoms with Gasteiger partial charge in [0.1, 0.15) is 0 Å². The van der Waals surface area contributed by atoms with Gasteiger partial charge >= 0.3 is 0 Å². The van der Waals surface area contributed by atoms with E-state index in [9.17, 15) is 4.79 Å². The Morgan fingerprint density at radius 1 is 1.17 bits per heavy atom. The molecule has 0 aromatic heterocycles. The van der Waals surface area contributed by atoms with Gasteiger partial charge in [0.05, 0.1) is 14.2 Å². The lowest BCUT2D eigenvalue weighted by Crippen LogP contribution is -2.20. The third kappa shape index (κ3) is 4.66. The van der Waals surface area contributed by atoms with Gasteiger partial charge in [-0.05, 0) is 29.8 Å². The summed E-state index contributed by atoms with van der Waals surface area (Å²) in [7, 11) is 3.12. The van der Waals surface area contributed by atoms with E-state index in [4.69, 9.17) is 32.7 Å². The fourth-order valence-corrected chi connectivity index (χ4v) is 2.59. The number of benzene rings is 2. The lowest BCUT2D eigenvalue weighted by atomic mass is 10.1. The van der Waals surface area contributed by atoms with E-state index in [0.717, 1.165) is 11.1 Å². The normalized spacial score (nSPS) is 10.7. The van der Waals surface area contributed by atoms with E-state index in [1.165, 1.54) is 6.08 Å². The third-order valence-corrected chi connectivity index (χ3v) is 3.90. The first-order valence-corrected chi connectivity index (χ1v) is 7.91. The maximum absolute atomic E-state index is 12.0. The zero-order valence-corrected chi connectivity index (χ0v) is 14.8. The summed E-state index contributed by atoms with van der Waals surface area (Å²) in [5.74, 6) is 0.934. The van der Waals surface area contributed by atoms with Crippen LogP contribution >= 0.6 is 23.2 Å². The third-order valence-electron chi connectivity index (χ3n) is 3.32. The first-order chi connectivity index (χ1) is 11.5. The van der Waals surface area contributed by atoms with Crippen LogP contribution in [-0.4, -0.2) is 20.1 Å². The average Bonchev–Trinajstić information content (AvgIpc) is 2.58. The monoisotopic (exact) mass is 365 g/mol. The molecular weight excluding hydrogens is 349 g/mol. The van der Waals surface area contributed by atoms with Crippen molar-refractivity contribution in [2.75, 3.05) is 14.2 Å². The predicted octanol–water partition coefficient (Wildman–Crippen LogP) is 4.34. The quantitative estimate of drug-likeness (QED) is 0.774. The van der Waals surface area contributed by atoms with Crippen LogP contribution in [0.15, 0.2) is 42.5 Å². The molecule has 1 N–H and O–H groups in total. The molecule has 4 nitrogen and oxygen atoms in total. The van der Waals surface area contributed by atoms with Gasteiger partial charge in [-0.15, -0.1) is 0 Å². The van der Waals surface area contributed by atoms with Gasteiger partial charge < -0.3 is 14.8 Å². The second-order valence-electron chi connectivity index (χ2n) is 4.87. The van der Waals surface area contributed by atoms with Crippen molar-refractivity contribution < 1.29 is 14.3 Å². The molecule has 2 rings (SSSR count). The molecule has 0 unspecified atom stereocenters. The number of hydrogen-bond acceptors (Lipinski definition) is 3. The van der Waals surface area contributed by atoms with Gasteiger partial charge in [0.25, 0.3) is 0 Å². The van der Waals surface area contributed by atoms with Crippen LogP contribution in [0.2, 0.25) is 10.0 Å². The highest BCUT2D eigenvalue weighted by atomic mass is 35.5. The minimum atomic E-state index is -0.245. The number of rotatable bonds is 6. The number of carbonyl (C=O) groups excluding carboxylic acids is 1. The Balaban J connectivity index is 2.03. The topological polar surface area (TPSA) is 47.6 Å². The summed E-state index contributed by atoms with van der Waals surface area (Å²) < 4.78 is 10.5. The maximum Gasteiger partial charge on any atom is 0.244 e. The lowest BCUT2D eigenvalue weighted by molar-refractivity contribution is -0.116. The van der Waals surface area contributed by atoms with Crippen molar-refractivity contribution in [3.8, 4) is 11.5 Å². The molecule has 0 heterocycles. The molecule has 0 aliphatic carbocycles. The molecule has 1 amide bonds. The van der Waals surface area contributed by atoms with E-state index in [-0.39, 0.29) is 5.91 Å². The summed E-state index contributed by atoms with van der Waals surface area (Å²) in [6.07, 6.45) is 3.10. The molecule has 6 heteroatoms. The maximum atomic E-state index is 12.0. The summed E-state index contributed by atoms with van der Waals surface area (Å²) in [5.41, 5.74) is 1.54. The van der Waals surface area contributed by atoms with Crippen LogP contribution in [0.5, 0.6) is 11.5 Å². The van der Waals surface area contributed by atoms with E-state index >= 15 is 0 Å². The fourth-order valence-electron chi connectivity index (χ4n) is 2.12. The Morgan fingerprint density at radius 2 is 1.96 bits per heavy atom. The van der Waals surface area contributed by atoms with Crippen molar-refractivity contribution >= 4 is 35.2 Å². The van der Waals surface area contributed by atoms with Crippen LogP contribution in [0.1, 0.15) is 11.1 Å². The SMILES string of the molecule is COc1cccc(/C=C/C(=O)NCc2ccc(Cl)cc2Cl)c1OC. The van der Waals surface area contributed by atoms with E-state index in [2.05, 4.69) is 5.32 Å². The van der Waals surface area contributed by atoms with Gasteiger partial charge in [-0.2, -0.15) is 0 Å². The van der Waals surface area contributed by atoms with E-state index < -0.39 is 0 Å². The van der Waals surface area contributed by atoms with Gasteiger partial charge in [-0.3, -0.25) is 4.79 Å². The molecule has 0 fully saturated rings. The van der Waals surface area contributed by atoms with Crippen LogP contribution in [0.4, 0.5) is 0 Å². The zero-order valence-electron chi connectivity index (χ0n) is 13.3. The molecular formula is C18H17Cl2NO3. The van der Waals surface area contributed by atoms with Crippen LogP contribution in [0.25, 0.3) is 6.08 Å². The van der Waals surface area contributed by atoms with Crippen LogP contribution in [0, 0.1) is 0 Å². The second kappa shape index (κ2) is 8.62. The van der Waals surface area contributed by atoms with Crippen LogP contribution in [0.3, 0.4) is 0 Å². The predicted molar refractivity (Wildman–Crippen MR) is 96.9 cm³/mol. The summed E-state index contributed by atoms with van der Waals surface area (Å²) in [6.45, 7) is 0.314. The van der Waals surface area contributed by atoms with Gasteiger partial charge in [0.2, 0.25) is 5.91 Å². The molecule has 0 radical (unpaired) electrons. The van der Waals surface area contributed by atoms with Gasteiger partial charge in [0, 0.05) is 28.2 Å². The van der Waals surface area contributed by atoms with Crippen molar-refractivity contribution in [1.29, 1.82) is 0 Å². The standard InChI is InChI=1S/C18H17Cl2NO3/c1-23-16-5-3-4-12(18(16)24-2)7-9-17(22)21-11-13-6-8-14(19)10-15(13)20/h3-10H,11H2,1-2H3,(H,21,22)/b9-7+. The Morgan fingerprint density at radius 3 is 2.62 bits per heavy atom. The highest BCUT2D eigenvalue weighted by molar-refractivity contribution is 6.35. The molecule has 2 aromatic carbocycles. The van der Waals surface area contributed by atoms with Crippen LogP contribution < -0.4 is 14.8 Å². The van der Waals surface area contributed by atoms with E-state index in [0.29, 0.717) is 28.1 Å². The Kier molecular flexibility index (Phi) is 6.53. The summed E-state index contributed by atoms with van der Waals surface area (Å²) in [5, 5.41) is 3.84. The fraction of sp³-hybridized carbons (Fsp3) is 0.167. The first kappa shape index (κ1) is 18.2. The molecule has 0 aliphatic rings. The average molecular weight is 366 g/mol. The highest BCUT2D eigenvalue weighted by Gasteiger charge is 2.07. The van der Waals surface area contributed by atoms with E-state index in [1.807, 2.05) is 12.1 Å². The summed E-state index contributed by atoms with van der Waals surface area (Å²) in [6, 6.07) is 10.6. The number of para-hydroxylation sites is 1. The molecule has 0 saturated carbocycles. The molecule has 24 heavy (non-hydrogen) atoms. The summed E-state index contributed by atoms with van der Waals surface area (Å²) >= 11 is 11.9. The number of amides is 1. The first-order valence-electron chi connectivity index (χ1n) is 7.16. The van der Waals surface area contributed by atoms with Crippen molar-refractivity contribution in [3.63, 3.8) is 0 Å². The Labute approximate surface area is 151 Å². The number of nitrogens with one attached hydrogen (secondary N) is 1. The molecule has 0 bridgehead atoms. The number of ether oxygens (including phenoxy) is 2. The van der Waals surface area contributed by atoms with Crippen molar-refractivity contribution in [2.24, 2.45) is 0 Å². The Hall–Kier alpha value is -2.17. The highest BCUT2D eigenvalue weighted by Crippen LogP contribution is 2.31. The van der Waals surface area contributed by atoms with Gasteiger partial charge in [-0.1, -0.05) is 41.4 Å².